The third-order valence-electron chi connectivity index (χ3n) is 4.64. The molecule has 0 atom stereocenters. The number of methoxy groups -OCH3 is 1. The molecule has 0 unspecified atom stereocenters. The fraction of sp³-hybridized carbons (Fsp3) is 0.190. The first-order valence-electron chi connectivity index (χ1n) is 8.37. The molecular weight excluding hydrogens is 310 g/mol. The Morgan fingerprint density at radius 3 is 2.56 bits per heavy atom. The predicted molar refractivity (Wildman–Crippen MR) is 103 cm³/mol. The van der Waals surface area contributed by atoms with Gasteiger partial charge < -0.3 is 14.7 Å². The number of aromatic amines is 2. The van der Waals surface area contributed by atoms with Gasteiger partial charge in [-0.2, -0.15) is 0 Å². The number of aromatic nitrogens is 2. The van der Waals surface area contributed by atoms with Crippen LogP contribution in [0.25, 0.3) is 16.5 Å². The van der Waals surface area contributed by atoms with Crippen LogP contribution < -0.4 is 0 Å². The Balaban J connectivity index is 1.83. The lowest BCUT2D eigenvalue weighted by Gasteiger charge is -2.07. The van der Waals surface area contributed by atoms with E-state index in [-0.39, 0.29) is 0 Å². The van der Waals surface area contributed by atoms with Crippen LogP contribution in [0.5, 0.6) is 0 Å². The van der Waals surface area contributed by atoms with Crippen LogP contribution in [0.15, 0.2) is 58.9 Å². The molecule has 0 spiro atoms. The van der Waals surface area contributed by atoms with Crippen LogP contribution in [0.2, 0.25) is 0 Å². The highest BCUT2D eigenvalue weighted by Crippen LogP contribution is 2.31. The number of nitrogens with zero attached hydrogens (tertiary/aromatic N) is 1. The molecular formula is C21H21N3O. The molecule has 4 nitrogen and oxygen atoms in total. The lowest BCUT2D eigenvalue weighted by molar-refractivity contribution is 0.302. The maximum Gasteiger partial charge on any atom is 0.147 e. The van der Waals surface area contributed by atoms with Crippen LogP contribution in [0, 0.1) is 13.8 Å². The van der Waals surface area contributed by atoms with E-state index in [1.807, 2.05) is 18.2 Å². The van der Waals surface area contributed by atoms with Crippen molar-refractivity contribution in [2.75, 3.05) is 7.11 Å². The first-order valence-corrected chi connectivity index (χ1v) is 8.37. The Kier molecular flexibility index (Phi) is 3.61. The molecule has 0 fully saturated rings. The molecule has 2 N–H and O–H groups in total. The highest BCUT2D eigenvalue weighted by Gasteiger charge is 2.21. The second-order valence-corrected chi connectivity index (χ2v) is 6.46. The van der Waals surface area contributed by atoms with E-state index in [2.05, 4.69) is 55.0 Å². The molecule has 0 radical (unpaired) electrons. The van der Waals surface area contributed by atoms with Crippen LogP contribution in [0.4, 0.5) is 0 Å². The highest BCUT2D eigenvalue weighted by atomic mass is 16.5. The Labute approximate surface area is 146 Å². The normalized spacial score (nSPS) is 16.2. The van der Waals surface area contributed by atoms with Crippen LogP contribution in [-0.2, 0) is 4.74 Å². The van der Waals surface area contributed by atoms with Crippen molar-refractivity contribution in [3.05, 3.63) is 76.6 Å². The summed E-state index contributed by atoms with van der Waals surface area (Å²) >= 11 is 0. The molecule has 1 aliphatic heterocycles. The van der Waals surface area contributed by atoms with Crippen molar-refractivity contribution in [2.24, 2.45) is 4.99 Å². The van der Waals surface area contributed by atoms with Gasteiger partial charge in [0.05, 0.1) is 18.5 Å². The Hall–Kier alpha value is -3.01. The molecule has 0 saturated carbocycles. The molecule has 0 saturated heterocycles. The van der Waals surface area contributed by atoms with E-state index >= 15 is 0 Å². The quantitative estimate of drug-likeness (QED) is 0.706. The molecule has 3 heterocycles. The number of H-pyrrole nitrogens is 2. The van der Waals surface area contributed by atoms with Crippen molar-refractivity contribution < 1.29 is 4.74 Å². The molecule has 2 aromatic heterocycles. The summed E-state index contributed by atoms with van der Waals surface area (Å²) in [6.07, 6.45) is 1.99. The summed E-state index contributed by atoms with van der Waals surface area (Å²) in [5.41, 5.74) is 8.43. The monoisotopic (exact) mass is 331 g/mol. The molecule has 4 rings (SSSR count). The first kappa shape index (κ1) is 15.5. The summed E-state index contributed by atoms with van der Waals surface area (Å²) in [6, 6.07) is 12.5. The molecule has 0 bridgehead atoms. The van der Waals surface area contributed by atoms with Crippen molar-refractivity contribution >= 4 is 22.2 Å². The van der Waals surface area contributed by atoms with E-state index in [1.165, 1.54) is 10.9 Å². The van der Waals surface area contributed by atoms with Gasteiger partial charge in [0.1, 0.15) is 11.5 Å². The average molecular weight is 331 g/mol. The number of para-hydroxylation sites is 1. The summed E-state index contributed by atoms with van der Waals surface area (Å²) < 4.78 is 5.60. The minimum absolute atomic E-state index is 0.790. The van der Waals surface area contributed by atoms with Crippen molar-refractivity contribution in [2.45, 2.75) is 20.8 Å². The second-order valence-electron chi connectivity index (χ2n) is 6.46. The smallest absolute Gasteiger partial charge is 0.147 e. The van der Waals surface area contributed by atoms with Gasteiger partial charge in [-0.25, -0.2) is 4.99 Å². The van der Waals surface area contributed by atoms with Crippen molar-refractivity contribution in [3.8, 4) is 0 Å². The average Bonchev–Trinajstić information content (AvgIpc) is 3.29. The number of hydrogen-bond acceptors (Lipinski definition) is 2. The molecule has 1 aliphatic rings. The van der Waals surface area contributed by atoms with Gasteiger partial charge in [0.25, 0.3) is 0 Å². The van der Waals surface area contributed by atoms with Crippen LogP contribution in [0.1, 0.15) is 29.6 Å². The van der Waals surface area contributed by atoms with Crippen molar-refractivity contribution in [1.82, 2.24) is 9.97 Å². The zero-order valence-electron chi connectivity index (χ0n) is 14.9. The molecule has 0 amide bonds. The first-order chi connectivity index (χ1) is 12.1. The largest absolute Gasteiger partial charge is 0.494 e. The van der Waals surface area contributed by atoms with Gasteiger partial charge in [-0.1, -0.05) is 18.2 Å². The molecule has 3 aromatic rings. The van der Waals surface area contributed by atoms with E-state index in [0.717, 1.165) is 45.3 Å². The van der Waals surface area contributed by atoms with Gasteiger partial charge in [-0.05, 0) is 44.5 Å². The van der Waals surface area contributed by atoms with E-state index < -0.39 is 0 Å². The predicted octanol–water partition coefficient (Wildman–Crippen LogP) is 4.88. The number of rotatable bonds is 3. The van der Waals surface area contributed by atoms with E-state index in [1.54, 1.807) is 7.11 Å². The number of hydrogen-bond donors (Lipinski definition) is 2. The van der Waals surface area contributed by atoms with Crippen LogP contribution >= 0.6 is 0 Å². The molecule has 1 aromatic carbocycles. The topological polar surface area (TPSA) is 53.2 Å². The fourth-order valence-electron chi connectivity index (χ4n) is 3.41. The number of fused-ring (bicyclic) bond motifs is 1. The molecule has 126 valence electrons. The van der Waals surface area contributed by atoms with Crippen molar-refractivity contribution in [3.63, 3.8) is 0 Å². The second kappa shape index (κ2) is 5.81. The Morgan fingerprint density at radius 1 is 1.08 bits per heavy atom. The van der Waals surface area contributed by atoms with Gasteiger partial charge in [0, 0.05) is 33.9 Å². The van der Waals surface area contributed by atoms with E-state index in [4.69, 9.17) is 9.73 Å². The summed E-state index contributed by atoms with van der Waals surface area (Å²) in [6.45, 7) is 6.25. The third-order valence-corrected chi connectivity index (χ3v) is 4.64. The molecule has 0 aliphatic carbocycles. The zero-order valence-corrected chi connectivity index (χ0v) is 14.9. The number of benzene rings is 1. The lowest BCUT2D eigenvalue weighted by atomic mass is 10.1. The number of aliphatic imine (C=N–C) groups is 1. The maximum atomic E-state index is 5.60. The maximum absolute atomic E-state index is 5.60. The van der Waals surface area contributed by atoms with Gasteiger partial charge in [0.15, 0.2) is 0 Å². The molecule has 4 heteroatoms. The summed E-state index contributed by atoms with van der Waals surface area (Å²) in [7, 11) is 1.69. The van der Waals surface area contributed by atoms with Crippen LogP contribution in [-0.4, -0.2) is 22.8 Å². The zero-order chi connectivity index (χ0) is 17.6. The van der Waals surface area contributed by atoms with Crippen molar-refractivity contribution in [1.29, 1.82) is 0 Å². The number of ether oxygens (including phenoxy) is 1. The summed E-state index contributed by atoms with van der Waals surface area (Å²) in [5.74, 6) is 0.790. The number of aryl methyl sites for hydroxylation is 2. The summed E-state index contributed by atoms with van der Waals surface area (Å²) in [5, 5.41) is 1.18. The fourth-order valence-corrected chi connectivity index (χ4v) is 3.41. The molecule has 25 heavy (non-hydrogen) atoms. The van der Waals surface area contributed by atoms with Crippen LogP contribution in [0.3, 0.4) is 0 Å². The SMILES string of the molecule is COC1=CC(c2cc3ccccc3[nH]2)=NC1=C(C)c1[nH]c(C)cc1C. The van der Waals surface area contributed by atoms with Gasteiger partial charge >= 0.3 is 0 Å². The highest BCUT2D eigenvalue weighted by molar-refractivity contribution is 6.13. The lowest BCUT2D eigenvalue weighted by Crippen LogP contribution is -1.93. The summed E-state index contributed by atoms with van der Waals surface area (Å²) in [4.78, 5) is 11.7. The number of nitrogens with one attached hydrogen (secondary N) is 2. The van der Waals surface area contributed by atoms with E-state index in [0.29, 0.717) is 0 Å². The minimum Gasteiger partial charge on any atom is -0.494 e. The third kappa shape index (κ3) is 2.60. The van der Waals surface area contributed by atoms with Gasteiger partial charge in [-0.3, -0.25) is 0 Å². The van der Waals surface area contributed by atoms with E-state index in [9.17, 15) is 0 Å². The number of allylic oxidation sites excluding steroid dienone is 2. The Morgan fingerprint density at radius 2 is 1.88 bits per heavy atom. The minimum atomic E-state index is 0.790. The standard InChI is InChI=1S/C21H21N3O/c1-12-9-13(2)22-20(12)14(3)21-19(25-4)11-18(24-21)17-10-15-7-5-6-8-16(15)23-17/h5-11,22-23H,1-4H3. The Bertz CT molecular complexity index is 1030. The van der Waals surface area contributed by atoms with Gasteiger partial charge in [-0.15, -0.1) is 0 Å². The van der Waals surface area contributed by atoms with Gasteiger partial charge in [0.2, 0.25) is 0 Å².